The molecule has 0 bridgehead atoms. The number of rotatable bonds is 9. The number of hydrogen-bond donors (Lipinski definition) is 0. The molecule has 0 amide bonds. The fourth-order valence-corrected chi connectivity index (χ4v) is 3.21. The summed E-state index contributed by atoms with van der Waals surface area (Å²) in [6.45, 7) is 9.57. The van der Waals surface area contributed by atoms with Crippen molar-refractivity contribution in [1.82, 2.24) is 0 Å². The van der Waals surface area contributed by atoms with Crippen LogP contribution in [0.4, 0.5) is 0 Å². The molecule has 5 nitrogen and oxygen atoms in total. The lowest BCUT2D eigenvalue weighted by molar-refractivity contribution is -0.150. The second-order valence-electron chi connectivity index (χ2n) is 7.95. The van der Waals surface area contributed by atoms with Crippen molar-refractivity contribution >= 4 is 18.0 Å². The van der Waals surface area contributed by atoms with Gasteiger partial charge >= 0.3 is 11.9 Å². The number of aryl methyl sites for hydroxylation is 1. The van der Waals surface area contributed by atoms with Crippen LogP contribution in [0.2, 0.25) is 0 Å². The maximum absolute atomic E-state index is 11.9. The van der Waals surface area contributed by atoms with Crippen LogP contribution >= 0.6 is 0 Å². The molecule has 34 heavy (non-hydrogen) atoms. The largest absolute Gasteiger partial charge is 0.496 e. The number of para-hydroxylation sites is 1. The quantitative estimate of drug-likeness (QED) is 0.192. The third-order valence-electron chi connectivity index (χ3n) is 5.21. The van der Waals surface area contributed by atoms with Gasteiger partial charge in [-0.2, -0.15) is 0 Å². The predicted molar refractivity (Wildman–Crippen MR) is 136 cm³/mol. The molecule has 178 valence electrons. The summed E-state index contributed by atoms with van der Waals surface area (Å²) < 4.78 is 15.5. The number of carbonyl (C=O) groups is 2. The predicted octanol–water partition coefficient (Wildman–Crippen LogP) is 6.23. The second-order valence-corrected chi connectivity index (χ2v) is 7.95. The Bertz CT molecular complexity index is 1130. The van der Waals surface area contributed by atoms with Gasteiger partial charge in [-0.25, -0.2) is 9.59 Å². The van der Waals surface area contributed by atoms with Crippen LogP contribution in [0.15, 0.2) is 77.9 Å². The molecular weight excluding hydrogens is 428 g/mol. The Morgan fingerprint density at radius 1 is 0.941 bits per heavy atom. The molecule has 0 saturated heterocycles. The number of esters is 2. The molecular formula is C29H32O5. The number of benzene rings is 2. The first kappa shape index (κ1) is 26.4. The summed E-state index contributed by atoms with van der Waals surface area (Å²) in [5, 5.41) is 0. The van der Waals surface area contributed by atoms with Crippen molar-refractivity contribution in [3.05, 3.63) is 100 Å². The van der Waals surface area contributed by atoms with E-state index >= 15 is 0 Å². The summed E-state index contributed by atoms with van der Waals surface area (Å²) in [5.74, 6) is 0.0654. The van der Waals surface area contributed by atoms with Crippen LogP contribution in [-0.4, -0.2) is 25.7 Å². The van der Waals surface area contributed by atoms with Crippen LogP contribution in [0.3, 0.4) is 0 Å². The van der Waals surface area contributed by atoms with E-state index in [0.29, 0.717) is 11.3 Å². The molecule has 0 radical (unpaired) electrons. The lowest BCUT2D eigenvalue weighted by Gasteiger charge is -2.13. The van der Waals surface area contributed by atoms with Crippen molar-refractivity contribution in [2.24, 2.45) is 0 Å². The van der Waals surface area contributed by atoms with Gasteiger partial charge < -0.3 is 14.2 Å². The van der Waals surface area contributed by atoms with Gasteiger partial charge in [0.25, 0.3) is 0 Å². The number of carbonyl (C=O) groups excluding carboxylic acids is 2. The van der Waals surface area contributed by atoms with Gasteiger partial charge in [0.15, 0.2) is 6.61 Å². The summed E-state index contributed by atoms with van der Waals surface area (Å²) in [7, 11) is 1.69. The minimum Gasteiger partial charge on any atom is -0.496 e. The van der Waals surface area contributed by atoms with Crippen molar-refractivity contribution in [3.8, 4) is 11.5 Å². The van der Waals surface area contributed by atoms with E-state index in [2.05, 4.69) is 39.0 Å². The summed E-state index contributed by atoms with van der Waals surface area (Å²) >= 11 is 0. The van der Waals surface area contributed by atoms with E-state index in [1.165, 1.54) is 17.2 Å². The average molecular weight is 461 g/mol. The highest BCUT2D eigenvalue weighted by Crippen LogP contribution is 2.28. The molecule has 0 fully saturated rings. The molecule has 0 spiro atoms. The van der Waals surface area contributed by atoms with E-state index in [1.54, 1.807) is 44.4 Å². The minimum absolute atomic E-state index is 0.404. The Kier molecular flexibility index (Phi) is 10.1. The first-order valence-corrected chi connectivity index (χ1v) is 11.0. The minimum atomic E-state index is -0.635. The second kappa shape index (κ2) is 13.0. The smallest absolute Gasteiger partial charge is 0.349 e. The van der Waals surface area contributed by atoms with Gasteiger partial charge in [0, 0.05) is 6.08 Å². The molecule has 2 aromatic rings. The highest BCUT2D eigenvalue weighted by atomic mass is 16.6. The SMILES string of the molecule is COc1cc(C)c(/C=C/C(C)=C/C=C/C(C)=C/C(=O)OCC(=O)Oc2ccccc2)c(C)c1C. The van der Waals surface area contributed by atoms with Gasteiger partial charge in [-0.3, -0.25) is 0 Å². The highest BCUT2D eigenvalue weighted by molar-refractivity contribution is 5.85. The fourth-order valence-electron chi connectivity index (χ4n) is 3.21. The molecule has 0 aliphatic rings. The maximum atomic E-state index is 11.9. The highest BCUT2D eigenvalue weighted by Gasteiger charge is 2.09. The normalized spacial score (nSPS) is 12.3. The molecule has 0 saturated carbocycles. The number of allylic oxidation sites excluding steroid dienone is 6. The van der Waals surface area contributed by atoms with Gasteiger partial charge in [0.1, 0.15) is 11.5 Å². The lowest BCUT2D eigenvalue weighted by Crippen LogP contribution is -2.17. The van der Waals surface area contributed by atoms with E-state index in [9.17, 15) is 9.59 Å². The molecule has 0 atom stereocenters. The Morgan fingerprint density at radius 3 is 2.32 bits per heavy atom. The molecule has 0 aliphatic heterocycles. The van der Waals surface area contributed by atoms with Gasteiger partial charge in [0.2, 0.25) is 0 Å². The van der Waals surface area contributed by atoms with Gasteiger partial charge in [0.05, 0.1) is 7.11 Å². The van der Waals surface area contributed by atoms with Gasteiger partial charge in [-0.1, -0.05) is 54.2 Å². The van der Waals surface area contributed by atoms with E-state index in [0.717, 1.165) is 22.4 Å². The van der Waals surface area contributed by atoms with Crippen LogP contribution in [0.1, 0.15) is 36.1 Å². The summed E-state index contributed by atoms with van der Waals surface area (Å²) in [5.41, 5.74) is 6.43. The monoisotopic (exact) mass is 460 g/mol. The molecule has 0 N–H and O–H groups in total. The van der Waals surface area contributed by atoms with Gasteiger partial charge in [-0.15, -0.1) is 0 Å². The van der Waals surface area contributed by atoms with E-state index in [-0.39, 0.29) is 0 Å². The van der Waals surface area contributed by atoms with Crippen molar-refractivity contribution < 1.29 is 23.8 Å². The third kappa shape index (κ3) is 8.24. The molecule has 0 aromatic heterocycles. The van der Waals surface area contributed by atoms with Crippen LogP contribution in [0, 0.1) is 20.8 Å². The van der Waals surface area contributed by atoms with E-state index in [1.807, 2.05) is 25.1 Å². The standard InChI is InChI=1S/C29H32O5/c1-20(15-16-26-22(3)18-27(32-6)24(5)23(26)4)11-10-12-21(2)17-28(30)33-19-29(31)34-25-13-8-7-9-14-25/h7-18H,19H2,1-6H3/b12-10+,16-15+,20-11+,21-17+. The number of methoxy groups -OCH3 is 1. The first-order chi connectivity index (χ1) is 16.2. The number of hydrogen-bond acceptors (Lipinski definition) is 5. The first-order valence-electron chi connectivity index (χ1n) is 11.0. The molecule has 5 heteroatoms. The van der Waals surface area contributed by atoms with E-state index < -0.39 is 18.5 Å². The maximum Gasteiger partial charge on any atom is 0.349 e. The zero-order valence-corrected chi connectivity index (χ0v) is 20.7. The van der Waals surface area contributed by atoms with Crippen molar-refractivity contribution in [3.63, 3.8) is 0 Å². The van der Waals surface area contributed by atoms with Crippen LogP contribution in [-0.2, 0) is 14.3 Å². The average Bonchev–Trinajstić information content (AvgIpc) is 2.80. The van der Waals surface area contributed by atoms with Crippen LogP contribution in [0.25, 0.3) is 6.08 Å². The summed E-state index contributed by atoms with van der Waals surface area (Å²) in [6, 6.07) is 10.7. The van der Waals surface area contributed by atoms with Crippen molar-refractivity contribution in [2.45, 2.75) is 34.6 Å². The molecule has 0 heterocycles. The van der Waals surface area contributed by atoms with E-state index in [4.69, 9.17) is 14.2 Å². The number of ether oxygens (including phenoxy) is 3. The fraction of sp³-hybridized carbons (Fsp3) is 0.241. The zero-order chi connectivity index (χ0) is 25.1. The van der Waals surface area contributed by atoms with Crippen molar-refractivity contribution in [1.29, 1.82) is 0 Å². The Hall–Kier alpha value is -3.86. The lowest BCUT2D eigenvalue weighted by atomic mass is 9.96. The Balaban J connectivity index is 1.90. The van der Waals surface area contributed by atoms with Crippen LogP contribution in [0.5, 0.6) is 11.5 Å². The molecule has 2 aromatic carbocycles. The summed E-state index contributed by atoms with van der Waals surface area (Å²) in [6.07, 6.45) is 11.1. The summed E-state index contributed by atoms with van der Waals surface area (Å²) in [4.78, 5) is 23.7. The molecule has 0 aliphatic carbocycles. The molecule has 2 rings (SSSR count). The third-order valence-corrected chi connectivity index (χ3v) is 5.21. The Morgan fingerprint density at radius 2 is 1.65 bits per heavy atom. The topological polar surface area (TPSA) is 61.8 Å². The van der Waals surface area contributed by atoms with Crippen LogP contribution < -0.4 is 9.47 Å². The van der Waals surface area contributed by atoms with Crippen molar-refractivity contribution in [2.75, 3.05) is 13.7 Å². The zero-order valence-electron chi connectivity index (χ0n) is 20.7. The Labute approximate surface area is 202 Å². The molecule has 0 unspecified atom stereocenters. The van der Waals surface area contributed by atoms with Gasteiger partial charge in [-0.05, 0) is 80.6 Å².